The minimum Gasteiger partial charge on any atom is -0.298 e. The van der Waals surface area contributed by atoms with Crippen LogP contribution in [0.3, 0.4) is 0 Å². The van der Waals surface area contributed by atoms with Crippen LogP contribution >= 0.6 is 0 Å². The van der Waals surface area contributed by atoms with Gasteiger partial charge >= 0.3 is 0 Å². The Morgan fingerprint density at radius 1 is 1.38 bits per heavy atom. The Labute approximate surface area is 94.7 Å². The molecule has 0 atom stereocenters. The number of benzene rings is 1. The first-order valence-electron chi connectivity index (χ1n) is 5.43. The summed E-state index contributed by atoms with van der Waals surface area (Å²) in [6, 6.07) is 7.45. The van der Waals surface area contributed by atoms with Crippen molar-refractivity contribution in [2.75, 3.05) is 0 Å². The van der Waals surface area contributed by atoms with Crippen molar-refractivity contribution in [2.45, 2.75) is 19.8 Å². The number of hydrogen-bond acceptors (Lipinski definition) is 2. The zero-order chi connectivity index (χ0) is 11.4. The molecule has 0 unspecified atom stereocenters. The Bertz CT molecular complexity index is 488. The third-order valence-electron chi connectivity index (χ3n) is 2.49. The third-order valence-corrected chi connectivity index (χ3v) is 2.49. The van der Waals surface area contributed by atoms with Gasteiger partial charge in [-0.2, -0.15) is 5.10 Å². The zero-order valence-corrected chi connectivity index (χ0v) is 9.26. The Balaban J connectivity index is 2.38. The van der Waals surface area contributed by atoms with Crippen molar-refractivity contribution < 1.29 is 4.79 Å². The molecule has 2 aromatic rings. The van der Waals surface area contributed by atoms with Crippen LogP contribution < -0.4 is 0 Å². The summed E-state index contributed by atoms with van der Waals surface area (Å²) in [6.07, 6.45) is 6.80. The molecular formula is C13H14N2O. The number of aromatic nitrogens is 2. The Kier molecular flexibility index (Phi) is 3.15. The first-order valence-corrected chi connectivity index (χ1v) is 5.43. The summed E-state index contributed by atoms with van der Waals surface area (Å²) in [5.41, 5.74) is 2.69. The van der Waals surface area contributed by atoms with Crippen LogP contribution in [0, 0.1) is 0 Å². The predicted octanol–water partition coefficient (Wildman–Crippen LogP) is 2.64. The largest absolute Gasteiger partial charge is 0.298 e. The summed E-state index contributed by atoms with van der Waals surface area (Å²) in [4.78, 5) is 10.9. The molecule has 1 aromatic carbocycles. The van der Waals surface area contributed by atoms with E-state index >= 15 is 0 Å². The van der Waals surface area contributed by atoms with Crippen LogP contribution in [-0.4, -0.2) is 16.1 Å². The standard InChI is InChI=1S/C13H14N2O/c1-2-5-11-8-14-15(9-11)13-7-4-3-6-12(13)10-16/h3-4,6-10H,2,5H2,1H3. The molecule has 0 radical (unpaired) electrons. The zero-order valence-electron chi connectivity index (χ0n) is 9.26. The molecule has 3 heteroatoms. The van der Waals surface area contributed by atoms with Crippen molar-refractivity contribution in [3.63, 3.8) is 0 Å². The normalized spacial score (nSPS) is 10.3. The molecule has 0 aliphatic carbocycles. The van der Waals surface area contributed by atoms with E-state index in [4.69, 9.17) is 0 Å². The van der Waals surface area contributed by atoms with Crippen LogP contribution in [0.2, 0.25) is 0 Å². The number of carbonyl (C=O) groups is 1. The fourth-order valence-electron chi connectivity index (χ4n) is 1.71. The number of carbonyl (C=O) groups excluding carboxylic acids is 1. The van der Waals surface area contributed by atoms with Crippen LogP contribution in [-0.2, 0) is 6.42 Å². The summed E-state index contributed by atoms with van der Waals surface area (Å²) < 4.78 is 1.76. The van der Waals surface area contributed by atoms with Gasteiger partial charge in [-0.15, -0.1) is 0 Å². The van der Waals surface area contributed by atoms with E-state index in [0.717, 1.165) is 24.8 Å². The van der Waals surface area contributed by atoms with Gasteiger partial charge in [0, 0.05) is 11.8 Å². The van der Waals surface area contributed by atoms with Gasteiger partial charge < -0.3 is 0 Å². The maximum Gasteiger partial charge on any atom is 0.152 e. The minimum absolute atomic E-state index is 0.661. The lowest BCUT2D eigenvalue weighted by atomic mass is 10.2. The van der Waals surface area contributed by atoms with Crippen molar-refractivity contribution in [2.24, 2.45) is 0 Å². The molecule has 82 valence electrons. The molecule has 16 heavy (non-hydrogen) atoms. The summed E-state index contributed by atoms with van der Waals surface area (Å²) in [6.45, 7) is 2.14. The van der Waals surface area contributed by atoms with Crippen LogP contribution in [0.25, 0.3) is 5.69 Å². The highest BCUT2D eigenvalue weighted by molar-refractivity contribution is 5.80. The van der Waals surface area contributed by atoms with Gasteiger partial charge in [0.2, 0.25) is 0 Å². The Hall–Kier alpha value is -1.90. The van der Waals surface area contributed by atoms with Gasteiger partial charge in [-0.25, -0.2) is 4.68 Å². The lowest BCUT2D eigenvalue weighted by molar-refractivity contribution is 0.112. The van der Waals surface area contributed by atoms with Crippen LogP contribution in [0.1, 0.15) is 29.3 Å². The van der Waals surface area contributed by atoms with E-state index in [0.29, 0.717) is 5.56 Å². The second-order valence-corrected chi connectivity index (χ2v) is 3.72. The van der Waals surface area contributed by atoms with Crippen LogP contribution in [0.5, 0.6) is 0 Å². The SMILES string of the molecule is CCCc1cnn(-c2ccccc2C=O)c1. The molecule has 0 bridgehead atoms. The van der Waals surface area contributed by atoms with Crippen molar-refractivity contribution >= 4 is 6.29 Å². The maximum absolute atomic E-state index is 10.9. The average molecular weight is 214 g/mol. The van der Waals surface area contributed by atoms with Gasteiger partial charge in [-0.3, -0.25) is 4.79 Å². The maximum atomic E-state index is 10.9. The molecule has 1 aromatic heterocycles. The molecule has 2 rings (SSSR count). The summed E-state index contributed by atoms with van der Waals surface area (Å²) in [7, 11) is 0. The number of aryl methyl sites for hydroxylation is 1. The predicted molar refractivity (Wildman–Crippen MR) is 62.9 cm³/mol. The van der Waals surface area contributed by atoms with Crippen molar-refractivity contribution in [1.29, 1.82) is 0 Å². The number of hydrogen-bond donors (Lipinski definition) is 0. The van der Waals surface area contributed by atoms with Gasteiger partial charge in [0.05, 0.1) is 11.9 Å². The van der Waals surface area contributed by atoms with E-state index in [1.54, 1.807) is 10.7 Å². The van der Waals surface area contributed by atoms with E-state index in [1.807, 2.05) is 30.6 Å². The first kappa shape index (κ1) is 10.6. The van der Waals surface area contributed by atoms with E-state index in [1.165, 1.54) is 5.56 Å². The quantitative estimate of drug-likeness (QED) is 0.733. The summed E-state index contributed by atoms with van der Waals surface area (Å²) in [5, 5.41) is 4.27. The molecule has 0 saturated heterocycles. The fraction of sp³-hybridized carbons (Fsp3) is 0.231. The number of rotatable bonds is 4. The lowest BCUT2D eigenvalue weighted by Crippen LogP contribution is -1.98. The molecule has 0 aliphatic rings. The molecule has 0 aliphatic heterocycles. The molecule has 3 nitrogen and oxygen atoms in total. The smallest absolute Gasteiger partial charge is 0.152 e. The average Bonchev–Trinajstić information content (AvgIpc) is 2.78. The fourth-order valence-corrected chi connectivity index (χ4v) is 1.71. The molecular weight excluding hydrogens is 200 g/mol. The van der Waals surface area contributed by atoms with E-state index in [2.05, 4.69) is 12.0 Å². The third kappa shape index (κ3) is 2.03. The minimum atomic E-state index is 0.661. The number of aldehydes is 1. The van der Waals surface area contributed by atoms with Crippen molar-refractivity contribution in [3.8, 4) is 5.69 Å². The van der Waals surface area contributed by atoms with Crippen LogP contribution in [0.4, 0.5) is 0 Å². The highest BCUT2D eigenvalue weighted by Crippen LogP contribution is 2.13. The van der Waals surface area contributed by atoms with Crippen molar-refractivity contribution in [3.05, 3.63) is 47.8 Å². The molecule has 1 heterocycles. The molecule has 0 fully saturated rings. The second kappa shape index (κ2) is 4.75. The van der Waals surface area contributed by atoms with Crippen LogP contribution in [0.15, 0.2) is 36.7 Å². The van der Waals surface area contributed by atoms with Gasteiger partial charge in [-0.05, 0) is 24.1 Å². The van der Waals surface area contributed by atoms with Crippen molar-refractivity contribution in [1.82, 2.24) is 9.78 Å². The van der Waals surface area contributed by atoms with Gasteiger partial charge in [0.15, 0.2) is 6.29 Å². The molecule has 0 amide bonds. The topological polar surface area (TPSA) is 34.9 Å². The summed E-state index contributed by atoms with van der Waals surface area (Å²) >= 11 is 0. The van der Waals surface area contributed by atoms with E-state index in [9.17, 15) is 4.79 Å². The molecule has 0 N–H and O–H groups in total. The number of para-hydroxylation sites is 1. The monoisotopic (exact) mass is 214 g/mol. The molecule has 0 saturated carbocycles. The molecule has 0 spiro atoms. The second-order valence-electron chi connectivity index (χ2n) is 3.72. The van der Waals surface area contributed by atoms with E-state index in [-0.39, 0.29) is 0 Å². The highest BCUT2D eigenvalue weighted by atomic mass is 16.1. The Morgan fingerprint density at radius 3 is 2.94 bits per heavy atom. The van der Waals surface area contributed by atoms with Gasteiger partial charge in [-0.1, -0.05) is 25.5 Å². The summed E-state index contributed by atoms with van der Waals surface area (Å²) in [5.74, 6) is 0. The Morgan fingerprint density at radius 2 is 2.19 bits per heavy atom. The van der Waals surface area contributed by atoms with Gasteiger partial charge in [0.25, 0.3) is 0 Å². The first-order chi connectivity index (χ1) is 7.85. The highest BCUT2D eigenvalue weighted by Gasteiger charge is 2.04. The lowest BCUT2D eigenvalue weighted by Gasteiger charge is -2.03. The van der Waals surface area contributed by atoms with E-state index < -0.39 is 0 Å². The van der Waals surface area contributed by atoms with Gasteiger partial charge in [0.1, 0.15) is 0 Å². The number of nitrogens with zero attached hydrogens (tertiary/aromatic N) is 2.